The summed E-state index contributed by atoms with van der Waals surface area (Å²) in [7, 11) is 0. The first-order valence-electron chi connectivity index (χ1n) is 6.87. The van der Waals surface area contributed by atoms with Crippen LogP contribution in [0, 0.1) is 0 Å². The van der Waals surface area contributed by atoms with E-state index in [1.165, 1.54) is 5.56 Å². The lowest BCUT2D eigenvalue weighted by atomic mass is 10.1. The van der Waals surface area contributed by atoms with Crippen molar-refractivity contribution >= 4 is 30.2 Å². The van der Waals surface area contributed by atoms with Crippen LogP contribution in [0.15, 0.2) is 58.4 Å². The number of phenols is 1. The fourth-order valence-corrected chi connectivity index (χ4v) is 3.13. The van der Waals surface area contributed by atoms with Crippen LogP contribution in [0.4, 0.5) is 5.69 Å². The number of rotatable bonds is 6. The number of aliphatic imine (C=N–C) groups is 1. The number of hydrogen-bond donors (Lipinski definition) is 1. The molecule has 0 atom stereocenters. The second-order valence-corrected chi connectivity index (χ2v) is 5.75. The normalized spacial score (nSPS) is 10.9. The predicted molar refractivity (Wildman–Crippen MR) is 92.9 cm³/mol. The van der Waals surface area contributed by atoms with E-state index in [1.807, 2.05) is 43.3 Å². The molecule has 0 saturated carbocycles. The molecule has 2 aromatic rings. The fourth-order valence-electron chi connectivity index (χ4n) is 2.08. The Morgan fingerprint density at radius 1 is 1.19 bits per heavy atom. The maximum absolute atomic E-state index is 9.28. The minimum Gasteiger partial charge on any atom is -0.508 e. The Bertz CT molecular complexity index is 632. The van der Waals surface area contributed by atoms with E-state index in [9.17, 15) is 5.11 Å². The van der Waals surface area contributed by atoms with Crippen LogP contribution in [0.3, 0.4) is 0 Å². The summed E-state index contributed by atoms with van der Waals surface area (Å²) in [5, 5.41) is 9.28. The Labute approximate surface area is 130 Å². The lowest BCUT2D eigenvalue weighted by molar-refractivity contribution is 0.475. The van der Waals surface area contributed by atoms with E-state index in [0.717, 1.165) is 28.3 Å². The molecule has 0 amide bonds. The quantitative estimate of drug-likeness (QED) is 0.595. The third-order valence-corrected chi connectivity index (χ3v) is 4.17. The molecule has 0 bridgehead atoms. The summed E-state index contributed by atoms with van der Waals surface area (Å²) in [4.78, 5) is 5.32. The zero-order valence-electron chi connectivity index (χ0n) is 12.1. The smallest absolute Gasteiger partial charge is 0.115 e. The summed E-state index contributed by atoms with van der Waals surface area (Å²) in [6.07, 6.45) is 5.01. The molecule has 0 aliphatic rings. The first-order chi connectivity index (χ1) is 10.2. The molecule has 0 unspecified atom stereocenters. The van der Waals surface area contributed by atoms with Crippen LogP contribution in [0.2, 0.25) is 0 Å². The summed E-state index contributed by atoms with van der Waals surface area (Å²) in [6, 6.07) is 13.5. The van der Waals surface area contributed by atoms with Crippen LogP contribution in [0.25, 0.3) is 6.08 Å². The van der Waals surface area contributed by atoms with Gasteiger partial charge in [-0.15, -0.1) is 11.8 Å². The molecule has 0 aromatic heterocycles. The SMILES string of the molecule is C=Nc1c(/C=C\C)cccc1SCCc1ccc(O)cc1. The van der Waals surface area contributed by atoms with Crippen molar-refractivity contribution in [2.45, 2.75) is 18.2 Å². The minimum atomic E-state index is 0.309. The predicted octanol–water partition coefficient (Wildman–Crippen LogP) is 5.09. The van der Waals surface area contributed by atoms with Gasteiger partial charge in [0.05, 0.1) is 5.69 Å². The number of benzene rings is 2. The van der Waals surface area contributed by atoms with Gasteiger partial charge in [0, 0.05) is 16.2 Å². The molecule has 0 saturated heterocycles. The lowest BCUT2D eigenvalue weighted by Crippen LogP contribution is -1.89. The number of phenolic OH excluding ortho intramolecular Hbond substituents is 1. The summed E-state index contributed by atoms with van der Waals surface area (Å²) in [6.45, 7) is 5.68. The number of nitrogens with zero attached hydrogens (tertiary/aromatic N) is 1. The van der Waals surface area contributed by atoms with Crippen LogP contribution in [-0.2, 0) is 6.42 Å². The van der Waals surface area contributed by atoms with Crippen molar-refractivity contribution in [3.05, 3.63) is 59.7 Å². The molecule has 2 nitrogen and oxygen atoms in total. The summed E-state index contributed by atoms with van der Waals surface area (Å²) in [5.74, 6) is 1.27. The Hall–Kier alpha value is -2.00. The number of hydrogen-bond acceptors (Lipinski definition) is 3. The average Bonchev–Trinajstić information content (AvgIpc) is 2.50. The molecule has 1 N–H and O–H groups in total. The van der Waals surface area contributed by atoms with Crippen molar-refractivity contribution in [3.63, 3.8) is 0 Å². The van der Waals surface area contributed by atoms with E-state index in [2.05, 4.69) is 17.8 Å². The van der Waals surface area contributed by atoms with Gasteiger partial charge in [-0.2, -0.15) is 0 Å². The monoisotopic (exact) mass is 297 g/mol. The van der Waals surface area contributed by atoms with E-state index < -0.39 is 0 Å². The summed E-state index contributed by atoms with van der Waals surface area (Å²) < 4.78 is 0. The van der Waals surface area contributed by atoms with Crippen molar-refractivity contribution in [1.29, 1.82) is 0 Å². The van der Waals surface area contributed by atoms with Gasteiger partial charge in [-0.05, 0) is 43.8 Å². The van der Waals surface area contributed by atoms with E-state index in [-0.39, 0.29) is 0 Å². The molecule has 0 spiro atoms. The van der Waals surface area contributed by atoms with Crippen molar-refractivity contribution in [1.82, 2.24) is 0 Å². The maximum atomic E-state index is 9.28. The molecule has 3 heteroatoms. The number of aromatic hydroxyl groups is 1. The van der Waals surface area contributed by atoms with Crippen molar-refractivity contribution in [2.75, 3.05) is 5.75 Å². The number of para-hydroxylation sites is 1. The van der Waals surface area contributed by atoms with Crippen molar-refractivity contribution < 1.29 is 5.11 Å². The Balaban J connectivity index is 2.04. The van der Waals surface area contributed by atoms with Gasteiger partial charge in [-0.3, -0.25) is 4.99 Å². The highest BCUT2D eigenvalue weighted by atomic mass is 32.2. The van der Waals surface area contributed by atoms with Crippen LogP contribution in [-0.4, -0.2) is 17.6 Å². The topological polar surface area (TPSA) is 32.6 Å². The van der Waals surface area contributed by atoms with Crippen LogP contribution >= 0.6 is 11.8 Å². The Morgan fingerprint density at radius 3 is 2.62 bits per heavy atom. The largest absolute Gasteiger partial charge is 0.508 e. The van der Waals surface area contributed by atoms with Crippen LogP contribution < -0.4 is 0 Å². The van der Waals surface area contributed by atoms with Gasteiger partial charge in [-0.1, -0.05) is 36.4 Å². The fraction of sp³-hybridized carbons (Fsp3) is 0.167. The van der Waals surface area contributed by atoms with Gasteiger partial charge in [-0.25, -0.2) is 0 Å². The van der Waals surface area contributed by atoms with E-state index in [0.29, 0.717) is 5.75 Å². The summed E-state index contributed by atoms with van der Waals surface area (Å²) in [5.41, 5.74) is 3.27. The van der Waals surface area contributed by atoms with E-state index in [1.54, 1.807) is 23.9 Å². The number of thioether (sulfide) groups is 1. The third kappa shape index (κ3) is 4.23. The second-order valence-electron chi connectivity index (χ2n) is 4.62. The molecule has 0 aliphatic heterocycles. The van der Waals surface area contributed by atoms with Crippen molar-refractivity contribution in [3.8, 4) is 5.75 Å². The molecule has 0 radical (unpaired) electrons. The molecule has 21 heavy (non-hydrogen) atoms. The molecule has 2 aromatic carbocycles. The number of allylic oxidation sites excluding steroid dienone is 1. The Kier molecular flexibility index (Phi) is 5.64. The molecule has 108 valence electrons. The van der Waals surface area contributed by atoms with Gasteiger partial charge < -0.3 is 5.11 Å². The van der Waals surface area contributed by atoms with Gasteiger partial charge in [0.1, 0.15) is 5.75 Å². The standard InChI is InChI=1S/C18H19NOS/c1-3-5-15-6-4-7-17(18(15)19-2)21-13-12-14-8-10-16(20)11-9-14/h3-11,20H,2,12-13H2,1H3/b5-3-. The van der Waals surface area contributed by atoms with Gasteiger partial charge >= 0.3 is 0 Å². The lowest BCUT2D eigenvalue weighted by Gasteiger charge is -2.08. The van der Waals surface area contributed by atoms with Gasteiger partial charge in [0.15, 0.2) is 0 Å². The Morgan fingerprint density at radius 2 is 1.95 bits per heavy atom. The highest BCUT2D eigenvalue weighted by Gasteiger charge is 2.05. The zero-order chi connectivity index (χ0) is 15.1. The maximum Gasteiger partial charge on any atom is 0.115 e. The van der Waals surface area contributed by atoms with Gasteiger partial charge in [0.25, 0.3) is 0 Å². The molecule has 0 aliphatic carbocycles. The summed E-state index contributed by atoms with van der Waals surface area (Å²) >= 11 is 1.78. The van der Waals surface area contributed by atoms with Crippen molar-refractivity contribution in [2.24, 2.45) is 4.99 Å². The van der Waals surface area contributed by atoms with E-state index >= 15 is 0 Å². The highest BCUT2D eigenvalue weighted by Crippen LogP contribution is 2.33. The molecule has 0 heterocycles. The number of aryl methyl sites for hydroxylation is 1. The molecular formula is C18H19NOS. The van der Waals surface area contributed by atoms with Gasteiger partial charge in [0.2, 0.25) is 0 Å². The average molecular weight is 297 g/mol. The first kappa shape index (κ1) is 15.4. The molecule has 0 fully saturated rings. The molecule has 2 rings (SSSR count). The van der Waals surface area contributed by atoms with Crippen LogP contribution in [0.5, 0.6) is 5.75 Å². The second kappa shape index (κ2) is 7.70. The minimum absolute atomic E-state index is 0.309. The van der Waals surface area contributed by atoms with E-state index in [4.69, 9.17) is 0 Å². The highest BCUT2D eigenvalue weighted by molar-refractivity contribution is 7.99. The van der Waals surface area contributed by atoms with Crippen LogP contribution in [0.1, 0.15) is 18.1 Å². The molecular weight excluding hydrogens is 278 g/mol. The zero-order valence-corrected chi connectivity index (χ0v) is 12.9. The first-order valence-corrected chi connectivity index (χ1v) is 7.86. The third-order valence-electron chi connectivity index (χ3n) is 3.12.